The summed E-state index contributed by atoms with van der Waals surface area (Å²) >= 11 is 0. The fourth-order valence-electron chi connectivity index (χ4n) is 6.73. The SMILES string of the molecule is CCc1c(C)c(C)c(C(C)(C)c2ccccc2-c2ccc(-c3cc(C)c(-c4ccccc4)cn3)cc2)c(C)c1C. The molecule has 0 saturated heterocycles. The standard InChI is InChI=1S/C39H41N/c1-9-33-26(3)28(5)38(29(6)27(33)4)39(7,8)36-18-14-13-17-34(36)31-19-21-32(22-20-31)37-23-25(2)35(24-40-37)30-15-11-10-12-16-30/h10-24H,9H2,1-8H3. The number of benzene rings is 4. The highest BCUT2D eigenvalue weighted by Gasteiger charge is 2.31. The van der Waals surface area contributed by atoms with Crippen molar-refractivity contribution in [3.8, 4) is 33.5 Å². The number of rotatable bonds is 6. The molecule has 0 aliphatic heterocycles. The minimum absolute atomic E-state index is 0.142. The molecule has 202 valence electrons. The largest absolute Gasteiger partial charge is 0.256 e. The number of hydrogen-bond acceptors (Lipinski definition) is 1. The van der Waals surface area contributed by atoms with E-state index in [4.69, 9.17) is 4.98 Å². The lowest BCUT2D eigenvalue weighted by Gasteiger charge is -2.34. The van der Waals surface area contributed by atoms with Crippen molar-refractivity contribution in [2.45, 2.75) is 67.2 Å². The van der Waals surface area contributed by atoms with Crippen molar-refractivity contribution in [3.63, 3.8) is 0 Å². The molecule has 0 aliphatic carbocycles. The number of nitrogens with zero attached hydrogens (tertiary/aromatic N) is 1. The van der Waals surface area contributed by atoms with Gasteiger partial charge in [0.1, 0.15) is 0 Å². The van der Waals surface area contributed by atoms with E-state index in [1.165, 1.54) is 66.8 Å². The van der Waals surface area contributed by atoms with Crippen LogP contribution in [0, 0.1) is 34.6 Å². The molecule has 0 saturated carbocycles. The molecule has 4 aromatic carbocycles. The van der Waals surface area contributed by atoms with Crippen LogP contribution in [0.4, 0.5) is 0 Å². The van der Waals surface area contributed by atoms with Gasteiger partial charge in [0.05, 0.1) is 5.69 Å². The van der Waals surface area contributed by atoms with Gasteiger partial charge in [0.2, 0.25) is 0 Å². The van der Waals surface area contributed by atoms with Crippen LogP contribution in [0.25, 0.3) is 33.5 Å². The van der Waals surface area contributed by atoms with E-state index in [1.807, 2.05) is 12.3 Å². The zero-order valence-electron chi connectivity index (χ0n) is 25.3. The summed E-state index contributed by atoms with van der Waals surface area (Å²) in [7, 11) is 0. The molecule has 1 nitrogen and oxygen atoms in total. The third-order valence-corrected chi connectivity index (χ3v) is 9.05. The highest BCUT2D eigenvalue weighted by atomic mass is 14.7. The van der Waals surface area contributed by atoms with E-state index in [0.29, 0.717) is 0 Å². The molecular formula is C39H41N. The summed E-state index contributed by atoms with van der Waals surface area (Å²) in [6, 6.07) is 30.5. The van der Waals surface area contributed by atoms with Crippen molar-refractivity contribution in [3.05, 3.63) is 136 Å². The van der Waals surface area contributed by atoms with Crippen molar-refractivity contribution in [1.82, 2.24) is 4.98 Å². The molecule has 40 heavy (non-hydrogen) atoms. The Kier molecular flexibility index (Phi) is 7.51. The van der Waals surface area contributed by atoms with Gasteiger partial charge in [-0.1, -0.05) is 99.6 Å². The number of aryl methyl sites for hydroxylation is 1. The van der Waals surface area contributed by atoms with Gasteiger partial charge >= 0.3 is 0 Å². The molecule has 0 radical (unpaired) electrons. The molecule has 0 amide bonds. The summed E-state index contributed by atoms with van der Waals surface area (Å²) in [5, 5.41) is 0. The number of pyridine rings is 1. The van der Waals surface area contributed by atoms with E-state index in [2.05, 4.69) is 134 Å². The summed E-state index contributed by atoms with van der Waals surface area (Å²) in [6.45, 7) is 18.4. The normalized spacial score (nSPS) is 11.6. The van der Waals surface area contributed by atoms with Crippen molar-refractivity contribution in [2.24, 2.45) is 0 Å². The first-order valence-electron chi connectivity index (χ1n) is 14.5. The van der Waals surface area contributed by atoms with Crippen LogP contribution in [0.15, 0.2) is 91.1 Å². The van der Waals surface area contributed by atoms with Crippen LogP contribution < -0.4 is 0 Å². The maximum Gasteiger partial charge on any atom is 0.0705 e. The fraction of sp³-hybridized carbons (Fsp3) is 0.256. The van der Waals surface area contributed by atoms with Gasteiger partial charge in [0, 0.05) is 22.7 Å². The van der Waals surface area contributed by atoms with Crippen LogP contribution >= 0.6 is 0 Å². The van der Waals surface area contributed by atoms with Crippen LogP contribution in [-0.4, -0.2) is 4.98 Å². The average molecular weight is 524 g/mol. The Morgan fingerprint density at radius 3 is 1.75 bits per heavy atom. The fourth-order valence-corrected chi connectivity index (χ4v) is 6.73. The van der Waals surface area contributed by atoms with Gasteiger partial charge in [0.25, 0.3) is 0 Å². The smallest absolute Gasteiger partial charge is 0.0705 e. The topological polar surface area (TPSA) is 12.9 Å². The first-order chi connectivity index (χ1) is 19.1. The highest BCUT2D eigenvalue weighted by molar-refractivity contribution is 5.75. The molecule has 5 aromatic rings. The van der Waals surface area contributed by atoms with Crippen LogP contribution in [0.3, 0.4) is 0 Å². The maximum atomic E-state index is 4.83. The van der Waals surface area contributed by atoms with Crippen LogP contribution in [0.5, 0.6) is 0 Å². The lowest BCUT2D eigenvalue weighted by atomic mass is 9.69. The van der Waals surface area contributed by atoms with Crippen molar-refractivity contribution in [1.29, 1.82) is 0 Å². The van der Waals surface area contributed by atoms with E-state index >= 15 is 0 Å². The molecule has 1 heterocycles. The molecule has 0 unspecified atom stereocenters. The first-order valence-corrected chi connectivity index (χ1v) is 14.5. The zero-order valence-corrected chi connectivity index (χ0v) is 25.3. The summed E-state index contributed by atoms with van der Waals surface area (Å²) in [4.78, 5) is 4.83. The Bertz CT molecular complexity index is 1640. The van der Waals surface area contributed by atoms with Gasteiger partial charge < -0.3 is 0 Å². The Hall–Kier alpha value is -3.97. The predicted molar refractivity (Wildman–Crippen MR) is 172 cm³/mol. The quantitative estimate of drug-likeness (QED) is 0.216. The molecule has 0 spiro atoms. The van der Waals surface area contributed by atoms with Gasteiger partial charge in [-0.2, -0.15) is 0 Å². The van der Waals surface area contributed by atoms with E-state index < -0.39 is 0 Å². The predicted octanol–water partition coefficient (Wildman–Crippen LogP) is 10.5. The highest BCUT2D eigenvalue weighted by Crippen LogP contribution is 2.43. The Morgan fingerprint density at radius 2 is 1.15 bits per heavy atom. The summed E-state index contributed by atoms with van der Waals surface area (Å²) in [5.74, 6) is 0. The van der Waals surface area contributed by atoms with Gasteiger partial charge in [-0.05, 0) is 108 Å². The van der Waals surface area contributed by atoms with Crippen LogP contribution in [0.1, 0.15) is 65.3 Å². The van der Waals surface area contributed by atoms with Crippen LogP contribution in [-0.2, 0) is 11.8 Å². The molecule has 1 aromatic heterocycles. The lowest BCUT2D eigenvalue weighted by molar-refractivity contribution is 0.630. The number of hydrogen-bond donors (Lipinski definition) is 0. The third kappa shape index (κ3) is 4.79. The molecule has 0 aliphatic rings. The molecule has 5 rings (SSSR count). The second-order valence-corrected chi connectivity index (χ2v) is 11.7. The van der Waals surface area contributed by atoms with E-state index in [0.717, 1.165) is 17.7 Å². The summed E-state index contributed by atoms with van der Waals surface area (Å²) in [5.41, 5.74) is 18.2. The van der Waals surface area contributed by atoms with Crippen molar-refractivity contribution < 1.29 is 0 Å². The van der Waals surface area contributed by atoms with E-state index in [-0.39, 0.29) is 5.41 Å². The van der Waals surface area contributed by atoms with E-state index in [9.17, 15) is 0 Å². The first kappa shape index (κ1) is 27.6. The molecule has 0 atom stereocenters. The van der Waals surface area contributed by atoms with Gasteiger partial charge in [0.15, 0.2) is 0 Å². The molecule has 0 bridgehead atoms. The van der Waals surface area contributed by atoms with Gasteiger partial charge in [-0.3, -0.25) is 4.98 Å². The van der Waals surface area contributed by atoms with Gasteiger partial charge in [-0.25, -0.2) is 0 Å². The zero-order chi connectivity index (χ0) is 28.6. The Labute approximate surface area is 241 Å². The molecule has 0 N–H and O–H groups in total. The third-order valence-electron chi connectivity index (χ3n) is 9.05. The maximum absolute atomic E-state index is 4.83. The summed E-state index contributed by atoms with van der Waals surface area (Å²) in [6.07, 6.45) is 3.08. The Balaban J connectivity index is 1.53. The average Bonchev–Trinajstić information content (AvgIpc) is 2.97. The van der Waals surface area contributed by atoms with Crippen molar-refractivity contribution >= 4 is 0 Å². The second-order valence-electron chi connectivity index (χ2n) is 11.7. The minimum Gasteiger partial charge on any atom is -0.256 e. The second kappa shape index (κ2) is 10.9. The van der Waals surface area contributed by atoms with Crippen molar-refractivity contribution in [2.75, 3.05) is 0 Å². The minimum atomic E-state index is -0.142. The van der Waals surface area contributed by atoms with Gasteiger partial charge in [-0.15, -0.1) is 0 Å². The molecular weight excluding hydrogens is 482 g/mol. The Morgan fingerprint density at radius 1 is 0.600 bits per heavy atom. The number of aromatic nitrogens is 1. The van der Waals surface area contributed by atoms with Crippen LogP contribution in [0.2, 0.25) is 0 Å². The summed E-state index contributed by atoms with van der Waals surface area (Å²) < 4.78 is 0. The lowest BCUT2D eigenvalue weighted by Crippen LogP contribution is -2.24. The monoisotopic (exact) mass is 523 g/mol. The molecule has 0 fully saturated rings. The molecule has 1 heteroatoms. The van der Waals surface area contributed by atoms with E-state index in [1.54, 1.807) is 0 Å².